The maximum atomic E-state index is 10.9. The first kappa shape index (κ1) is 15.9. The number of rotatable bonds is 6. The molecule has 0 saturated heterocycles. The highest BCUT2D eigenvalue weighted by Gasteiger charge is 2.19. The smallest absolute Gasteiger partial charge is 0.524 e. The third-order valence-electron chi connectivity index (χ3n) is 2.79. The van der Waals surface area contributed by atoms with Crippen molar-refractivity contribution in [1.29, 1.82) is 0 Å². The first-order chi connectivity index (χ1) is 10.9. The quantitative estimate of drug-likeness (QED) is 0.350. The lowest BCUT2D eigenvalue weighted by Crippen LogP contribution is -2.13. The van der Waals surface area contributed by atoms with Crippen LogP contribution in [0.3, 0.4) is 0 Å². The number of hydrogen-bond acceptors (Lipinski definition) is 8. The predicted molar refractivity (Wildman–Crippen MR) is 83.4 cm³/mol. The SMILES string of the molecule is Nc1ccc([N+](=O)[O-])c(OBOc2cc(N)ccc2[N+](=O)[O-])c1. The average molecular weight is 318 g/mol. The Morgan fingerprint density at radius 2 is 1.22 bits per heavy atom. The number of nitro groups is 2. The molecule has 0 aliphatic carbocycles. The molecule has 2 rings (SSSR count). The van der Waals surface area contributed by atoms with Gasteiger partial charge >= 0.3 is 19.1 Å². The summed E-state index contributed by atoms with van der Waals surface area (Å²) in [5.41, 5.74) is 11.0. The highest BCUT2D eigenvalue weighted by molar-refractivity contribution is 6.21. The fraction of sp³-hybridized carbons (Fsp3) is 0. The van der Waals surface area contributed by atoms with Crippen molar-refractivity contribution in [2.24, 2.45) is 0 Å². The molecule has 0 spiro atoms. The molecule has 0 bridgehead atoms. The maximum Gasteiger partial charge on any atom is 0.576 e. The van der Waals surface area contributed by atoms with Crippen LogP contribution in [0.4, 0.5) is 22.7 Å². The van der Waals surface area contributed by atoms with Crippen LogP contribution >= 0.6 is 0 Å². The molecule has 118 valence electrons. The molecule has 0 heterocycles. The molecule has 0 saturated carbocycles. The molecule has 0 aromatic heterocycles. The summed E-state index contributed by atoms with van der Waals surface area (Å²) >= 11 is 0. The zero-order chi connectivity index (χ0) is 17.0. The molecule has 0 aliphatic heterocycles. The average Bonchev–Trinajstić information content (AvgIpc) is 2.46. The normalized spacial score (nSPS) is 9.91. The third-order valence-corrected chi connectivity index (χ3v) is 2.79. The molecule has 4 N–H and O–H groups in total. The second-order valence-corrected chi connectivity index (χ2v) is 4.38. The molecule has 0 radical (unpaired) electrons. The van der Waals surface area contributed by atoms with Gasteiger partial charge in [-0.3, -0.25) is 20.2 Å². The first-order valence-electron chi connectivity index (χ1n) is 6.22. The van der Waals surface area contributed by atoms with Crippen molar-refractivity contribution < 1.29 is 19.2 Å². The van der Waals surface area contributed by atoms with Crippen LogP contribution in [0, 0.1) is 20.2 Å². The Bertz CT molecular complexity index is 706. The van der Waals surface area contributed by atoms with Gasteiger partial charge in [-0.1, -0.05) is 0 Å². The fourth-order valence-electron chi connectivity index (χ4n) is 1.75. The Hall–Kier alpha value is -3.50. The Morgan fingerprint density at radius 3 is 1.57 bits per heavy atom. The monoisotopic (exact) mass is 318 g/mol. The molecule has 0 atom stereocenters. The lowest BCUT2D eigenvalue weighted by molar-refractivity contribution is -0.385. The first-order valence-corrected chi connectivity index (χ1v) is 6.22. The predicted octanol–water partition coefficient (Wildman–Crippen LogP) is 1.39. The van der Waals surface area contributed by atoms with Gasteiger partial charge in [0.25, 0.3) is 0 Å². The van der Waals surface area contributed by atoms with Crippen molar-refractivity contribution in [2.75, 3.05) is 11.5 Å². The van der Waals surface area contributed by atoms with Gasteiger partial charge in [-0.2, -0.15) is 0 Å². The second kappa shape index (κ2) is 6.51. The van der Waals surface area contributed by atoms with Crippen molar-refractivity contribution in [1.82, 2.24) is 0 Å². The van der Waals surface area contributed by atoms with E-state index in [0.29, 0.717) is 0 Å². The van der Waals surface area contributed by atoms with Crippen LogP contribution in [0.2, 0.25) is 0 Å². The Labute approximate surface area is 130 Å². The molecule has 0 aliphatic rings. The van der Waals surface area contributed by atoms with E-state index in [0.717, 1.165) is 0 Å². The molecular weight excluding hydrogens is 307 g/mol. The molecule has 0 amide bonds. The summed E-state index contributed by atoms with van der Waals surface area (Å²) in [4.78, 5) is 20.5. The molecule has 11 heteroatoms. The van der Waals surface area contributed by atoms with Crippen molar-refractivity contribution in [2.45, 2.75) is 0 Å². The van der Waals surface area contributed by atoms with Gasteiger partial charge in [0.15, 0.2) is 11.5 Å². The lowest BCUT2D eigenvalue weighted by Gasteiger charge is -2.09. The van der Waals surface area contributed by atoms with Crippen LogP contribution in [0.5, 0.6) is 11.5 Å². The number of nitro benzene ring substituents is 2. The maximum absolute atomic E-state index is 10.9. The van der Waals surface area contributed by atoms with Gasteiger partial charge in [-0.15, -0.1) is 0 Å². The van der Waals surface area contributed by atoms with Crippen molar-refractivity contribution in [3.05, 3.63) is 56.6 Å². The van der Waals surface area contributed by atoms with Gasteiger partial charge in [0.05, 0.1) is 9.85 Å². The summed E-state index contributed by atoms with van der Waals surface area (Å²) in [7, 11) is -0.491. The standard InChI is InChI=1S/C12H11BN4O6/c14-7-1-3-9(16(18)19)11(5-7)22-13-23-12-6-8(15)2-4-10(12)17(20)21/h1-6,13H,14-15H2. The number of hydrogen-bond donors (Lipinski definition) is 2. The Morgan fingerprint density at radius 1 is 0.826 bits per heavy atom. The molecule has 2 aromatic carbocycles. The van der Waals surface area contributed by atoms with Crippen molar-refractivity contribution in [3.63, 3.8) is 0 Å². The van der Waals surface area contributed by atoms with E-state index in [2.05, 4.69) is 0 Å². The summed E-state index contributed by atoms with van der Waals surface area (Å²) in [6.07, 6.45) is 0. The molecule has 2 aromatic rings. The molecule has 0 fully saturated rings. The van der Waals surface area contributed by atoms with Gasteiger partial charge < -0.3 is 20.8 Å². The topological polar surface area (TPSA) is 157 Å². The van der Waals surface area contributed by atoms with Gasteiger partial charge in [0, 0.05) is 35.6 Å². The minimum Gasteiger partial charge on any atom is -0.524 e. The number of nitrogens with zero attached hydrogens (tertiary/aromatic N) is 2. The number of nitrogen functional groups attached to an aromatic ring is 2. The minimum absolute atomic E-state index is 0.110. The largest absolute Gasteiger partial charge is 0.576 e. The van der Waals surface area contributed by atoms with Gasteiger partial charge in [0.1, 0.15) is 0 Å². The summed E-state index contributed by atoms with van der Waals surface area (Å²) in [6, 6.07) is 7.61. The van der Waals surface area contributed by atoms with E-state index >= 15 is 0 Å². The van der Waals surface area contributed by atoms with E-state index in [1.165, 1.54) is 36.4 Å². The van der Waals surface area contributed by atoms with E-state index in [4.69, 9.17) is 20.8 Å². The van der Waals surface area contributed by atoms with E-state index < -0.39 is 17.5 Å². The van der Waals surface area contributed by atoms with Gasteiger partial charge in [-0.05, 0) is 12.1 Å². The highest BCUT2D eigenvalue weighted by atomic mass is 16.6. The van der Waals surface area contributed by atoms with Crippen LogP contribution in [0.15, 0.2) is 36.4 Å². The van der Waals surface area contributed by atoms with E-state index in [1.54, 1.807) is 0 Å². The summed E-state index contributed by atoms with van der Waals surface area (Å²) in [6.45, 7) is 0. The Kier molecular flexibility index (Phi) is 4.50. The van der Waals surface area contributed by atoms with Crippen LogP contribution in [-0.2, 0) is 0 Å². The number of nitrogens with two attached hydrogens (primary N) is 2. The third kappa shape index (κ3) is 3.78. The highest BCUT2D eigenvalue weighted by Crippen LogP contribution is 2.31. The summed E-state index contributed by atoms with van der Waals surface area (Å²) < 4.78 is 10.3. The molecule has 0 unspecified atom stereocenters. The van der Waals surface area contributed by atoms with Crippen molar-refractivity contribution >= 4 is 30.4 Å². The number of anilines is 2. The van der Waals surface area contributed by atoms with E-state index in [9.17, 15) is 20.2 Å². The van der Waals surface area contributed by atoms with Gasteiger partial charge in [-0.25, -0.2) is 0 Å². The van der Waals surface area contributed by atoms with Crippen molar-refractivity contribution in [3.8, 4) is 11.5 Å². The van der Waals surface area contributed by atoms with Crippen LogP contribution in [-0.4, -0.2) is 17.5 Å². The van der Waals surface area contributed by atoms with Crippen LogP contribution < -0.4 is 20.8 Å². The summed E-state index contributed by atoms with van der Waals surface area (Å²) in [5.74, 6) is -0.219. The molecule has 23 heavy (non-hydrogen) atoms. The minimum atomic E-state index is -0.641. The van der Waals surface area contributed by atoms with E-state index in [-0.39, 0.29) is 34.2 Å². The van der Waals surface area contributed by atoms with Crippen LogP contribution in [0.1, 0.15) is 0 Å². The fourth-order valence-corrected chi connectivity index (χ4v) is 1.75. The molecule has 10 nitrogen and oxygen atoms in total. The second-order valence-electron chi connectivity index (χ2n) is 4.38. The molecular formula is C12H11BN4O6. The zero-order valence-electron chi connectivity index (χ0n) is 11.7. The Balaban J connectivity index is 2.15. The number of benzene rings is 2. The van der Waals surface area contributed by atoms with Crippen LogP contribution in [0.25, 0.3) is 0 Å². The van der Waals surface area contributed by atoms with Gasteiger partial charge in [0.2, 0.25) is 0 Å². The lowest BCUT2D eigenvalue weighted by atomic mass is 10.2. The summed E-state index contributed by atoms with van der Waals surface area (Å²) in [5, 5.41) is 21.8. The zero-order valence-corrected chi connectivity index (χ0v) is 11.7. The van der Waals surface area contributed by atoms with E-state index in [1.807, 2.05) is 0 Å².